The third-order valence-corrected chi connectivity index (χ3v) is 5.72. The third-order valence-electron chi connectivity index (χ3n) is 5.31. The Labute approximate surface area is 195 Å². The lowest BCUT2D eigenvalue weighted by atomic mass is 10.0. The van der Waals surface area contributed by atoms with Crippen molar-refractivity contribution in [3.63, 3.8) is 0 Å². The molecule has 0 bridgehead atoms. The van der Waals surface area contributed by atoms with Crippen LogP contribution in [0.3, 0.4) is 0 Å². The van der Waals surface area contributed by atoms with Gasteiger partial charge in [-0.05, 0) is 64.0 Å². The molecule has 1 aliphatic heterocycles. The maximum Gasteiger partial charge on any atom is 0.258 e. The number of nitrogens with one attached hydrogen (secondary N) is 1. The van der Waals surface area contributed by atoms with Crippen LogP contribution in [-0.2, 0) is 19.1 Å². The monoisotopic (exact) mass is 460 g/mol. The first kappa shape index (κ1) is 25.7. The number of carbonyl (C=O) groups excluding carboxylic acids is 2. The van der Waals surface area contributed by atoms with Gasteiger partial charge in [0.25, 0.3) is 5.91 Å². The number of thiocarbonyl (C=S) groups is 1. The molecule has 0 saturated carbocycles. The molecule has 1 fully saturated rings. The van der Waals surface area contributed by atoms with E-state index >= 15 is 0 Å². The first-order chi connectivity index (χ1) is 15.2. The van der Waals surface area contributed by atoms with Gasteiger partial charge in [-0.25, -0.2) is 4.85 Å². The van der Waals surface area contributed by atoms with Gasteiger partial charge in [0.2, 0.25) is 5.91 Å². The smallest absolute Gasteiger partial charge is 0.258 e. The van der Waals surface area contributed by atoms with Crippen LogP contribution >= 0.6 is 12.2 Å². The Morgan fingerprint density at radius 2 is 1.97 bits per heavy atom. The normalized spacial score (nSPS) is 15.2. The second kappa shape index (κ2) is 11.9. The Bertz CT molecular complexity index is 881. The van der Waals surface area contributed by atoms with Gasteiger partial charge in [-0.15, -0.1) is 0 Å². The quantitative estimate of drug-likeness (QED) is 0.293. The second-order valence-corrected chi connectivity index (χ2v) is 8.34. The zero-order chi connectivity index (χ0) is 23.7. The summed E-state index contributed by atoms with van der Waals surface area (Å²) >= 11 is 5.63. The van der Waals surface area contributed by atoms with E-state index < -0.39 is 5.54 Å². The number of aryl methyl sites for hydroxylation is 1. The fourth-order valence-corrected chi connectivity index (χ4v) is 3.96. The molecule has 1 heterocycles. The van der Waals surface area contributed by atoms with Gasteiger partial charge in [-0.3, -0.25) is 14.5 Å². The Balaban J connectivity index is 1.86. The number of anilines is 1. The largest absolute Gasteiger partial charge is 0.379 e. The molecule has 32 heavy (non-hydrogen) atoms. The van der Waals surface area contributed by atoms with E-state index in [2.05, 4.69) is 10.2 Å². The molecule has 1 aromatic rings. The van der Waals surface area contributed by atoms with Crippen LogP contribution in [0.25, 0.3) is 4.85 Å². The van der Waals surface area contributed by atoms with Crippen LogP contribution in [0.1, 0.15) is 39.2 Å². The minimum atomic E-state index is -0.811. The van der Waals surface area contributed by atoms with Gasteiger partial charge in [0.15, 0.2) is 10.8 Å². The molecule has 9 heteroatoms. The van der Waals surface area contributed by atoms with Crippen molar-refractivity contribution in [2.45, 2.75) is 46.1 Å². The molecule has 1 N–H and O–H groups in total. The van der Waals surface area contributed by atoms with Crippen molar-refractivity contribution in [2.24, 2.45) is 0 Å². The average molecular weight is 461 g/mol. The number of nitrogens with zero attached hydrogens (tertiary/aromatic N) is 3. The second-order valence-electron chi connectivity index (χ2n) is 7.98. The van der Waals surface area contributed by atoms with E-state index in [1.807, 2.05) is 32.6 Å². The van der Waals surface area contributed by atoms with Crippen LogP contribution in [0.4, 0.5) is 11.4 Å². The van der Waals surface area contributed by atoms with E-state index in [-0.39, 0.29) is 11.8 Å². The zero-order valence-electron chi connectivity index (χ0n) is 19.3. The van der Waals surface area contributed by atoms with Crippen molar-refractivity contribution in [3.05, 3.63) is 35.2 Å². The predicted octanol–water partition coefficient (Wildman–Crippen LogP) is 3.21. The standard InChI is InChI=1S/C23H32N4O4S/c1-6-30-14-15-31-13-11-25-20(28)8-7-12-26-22(32)27(21(29)23(26,3)4)18-9-10-19(24-5)17(2)16-18/h9-10,16H,6-8,11-15H2,1-4H3,(H,25,28). The molecule has 174 valence electrons. The van der Waals surface area contributed by atoms with Gasteiger partial charge in [-0.1, -0.05) is 6.07 Å². The summed E-state index contributed by atoms with van der Waals surface area (Å²) in [7, 11) is 0. The molecule has 0 aromatic heterocycles. The lowest BCUT2D eigenvalue weighted by Crippen LogP contribution is -2.44. The van der Waals surface area contributed by atoms with Gasteiger partial charge < -0.3 is 19.7 Å². The van der Waals surface area contributed by atoms with Crippen molar-refractivity contribution < 1.29 is 19.1 Å². The molecular formula is C23H32N4O4S. The molecular weight excluding hydrogens is 428 g/mol. The summed E-state index contributed by atoms with van der Waals surface area (Å²) in [5.74, 6) is -0.180. The van der Waals surface area contributed by atoms with Crippen LogP contribution in [0.2, 0.25) is 0 Å². The van der Waals surface area contributed by atoms with E-state index in [0.717, 1.165) is 5.56 Å². The molecule has 0 atom stereocenters. The van der Waals surface area contributed by atoms with Crippen LogP contribution < -0.4 is 10.2 Å². The van der Waals surface area contributed by atoms with E-state index in [0.29, 0.717) is 68.8 Å². The third kappa shape index (κ3) is 6.25. The number of hydrogen-bond donors (Lipinski definition) is 1. The van der Waals surface area contributed by atoms with Crippen molar-refractivity contribution in [2.75, 3.05) is 44.4 Å². The molecule has 1 aliphatic rings. The maximum absolute atomic E-state index is 13.1. The predicted molar refractivity (Wildman–Crippen MR) is 128 cm³/mol. The molecule has 0 unspecified atom stereocenters. The van der Waals surface area contributed by atoms with E-state index in [4.69, 9.17) is 28.3 Å². The van der Waals surface area contributed by atoms with Gasteiger partial charge >= 0.3 is 0 Å². The summed E-state index contributed by atoms with van der Waals surface area (Å²) in [6.45, 7) is 17.7. The summed E-state index contributed by atoms with van der Waals surface area (Å²) in [5, 5.41) is 3.25. The zero-order valence-corrected chi connectivity index (χ0v) is 20.1. The van der Waals surface area contributed by atoms with E-state index in [1.165, 1.54) is 4.90 Å². The molecule has 1 saturated heterocycles. The molecule has 0 radical (unpaired) electrons. The topological polar surface area (TPSA) is 75.5 Å². The molecule has 0 spiro atoms. The number of rotatable bonds is 12. The van der Waals surface area contributed by atoms with Gasteiger partial charge in [0.1, 0.15) is 5.54 Å². The summed E-state index contributed by atoms with van der Waals surface area (Å²) in [4.78, 5) is 32.1. The highest BCUT2D eigenvalue weighted by Gasteiger charge is 2.49. The highest BCUT2D eigenvalue weighted by atomic mass is 32.1. The number of benzene rings is 1. The molecule has 2 amide bonds. The first-order valence-corrected chi connectivity index (χ1v) is 11.2. The molecule has 8 nitrogen and oxygen atoms in total. The van der Waals surface area contributed by atoms with Crippen molar-refractivity contribution in [3.8, 4) is 0 Å². The van der Waals surface area contributed by atoms with E-state index in [9.17, 15) is 9.59 Å². The van der Waals surface area contributed by atoms with Crippen LogP contribution in [0.15, 0.2) is 18.2 Å². The number of amides is 2. The summed E-state index contributed by atoms with van der Waals surface area (Å²) in [6.07, 6.45) is 0.901. The average Bonchev–Trinajstić information content (AvgIpc) is 2.92. The van der Waals surface area contributed by atoms with Gasteiger partial charge in [0.05, 0.1) is 26.4 Å². The minimum Gasteiger partial charge on any atom is -0.379 e. The van der Waals surface area contributed by atoms with Crippen molar-refractivity contribution in [1.82, 2.24) is 10.2 Å². The lowest BCUT2D eigenvalue weighted by molar-refractivity contribution is -0.123. The SMILES string of the molecule is [C-]#[N+]c1ccc(N2C(=O)C(C)(C)N(CCCC(=O)NCCOCCOCC)C2=S)cc1C. The Morgan fingerprint density at radius 3 is 2.62 bits per heavy atom. The number of carbonyl (C=O) groups is 2. The van der Waals surface area contributed by atoms with E-state index in [1.54, 1.807) is 18.2 Å². The summed E-state index contributed by atoms with van der Waals surface area (Å²) in [5.41, 5.74) is 1.19. The Hall–Kier alpha value is -2.54. The van der Waals surface area contributed by atoms with Gasteiger partial charge in [-0.2, -0.15) is 0 Å². The number of hydrogen-bond acceptors (Lipinski definition) is 5. The first-order valence-electron chi connectivity index (χ1n) is 10.8. The Morgan fingerprint density at radius 1 is 1.25 bits per heavy atom. The summed E-state index contributed by atoms with van der Waals surface area (Å²) < 4.78 is 10.6. The maximum atomic E-state index is 13.1. The Kier molecular flexibility index (Phi) is 9.57. The molecule has 2 rings (SSSR count). The van der Waals surface area contributed by atoms with Crippen LogP contribution in [-0.4, -0.2) is 66.9 Å². The summed E-state index contributed by atoms with van der Waals surface area (Å²) in [6, 6.07) is 5.25. The molecule has 0 aliphatic carbocycles. The van der Waals surface area contributed by atoms with Crippen molar-refractivity contribution in [1.29, 1.82) is 0 Å². The van der Waals surface area contributed by atoms with Crippen LogP contribution in [0.5, 0.6) is 0 Å². The fraction of sp³-hybridized carbons (Fsp3) is 0.565. The van der Waals surface area contributed by atoms with Crippen molar-refractivity contribution >= 4 is 40.5 Å². The van der Waals surface area contributed by atoms with Crippen LogP contribution in [0, 0.1) is 13.5 Å². The molecule has 1 aromatic carbocycles. The minimum absolute atomic E-state index is 0.0603. The fourth-order valence-electron chi connectivity index (χ4n) is 3.46. The highest BCUT2D eigenvalue weighted by molar-refractivity contribution is 7.80. The lowest BCUT2D eigenvalue weighted by Gasteiger charge is -2.29. The highest BCUT2D eigenvalue weighted by Crippen LogP contribution is 2.34. The number of ether oxygens (including phenoxy) is 2. The van der Waals surface area contributed by atoms with Gasteiger partial charge in [0, 0.05) is 31.8 Å².